The highest BCUT2D eigenvalue weighted by Crippen LogP contribution is 2.09. The Morgan fingerprint density at radius 3 is 2.58 bits per heavy atom. The molecule has 3 N–H and O–H groups in total. The maximum Gasteiger partial charge on any atom is 0.315 e. The lowest BCUT2D eigenvalue weighted by Gasteiger charge is -2.24. The molecule has 0 aliphatic heterocycles. The zero-order chi connectivity index (χ0) is 14.5. The molecule has 0 saturated heterocycles. The van der Waals surface area contributed by atoms with Crippen LogP contribution >= 0.6 is 0 Å². The number of anilines is 1. The van der Waals surface area contributed by atoms with Gasteiger partial charge in [-0.05, 0) is 20.4 Å². The highest BCUT2D eigenvalue weighted by atomic mass is 32.2. The van der Waals surface area contributed by atoms with Gasteiger partial charge in [-0.3, -0.25) is 0 Å². The first-order valence-electron chi connectivity index (χ1n) is 5.98. The Balaban J connectivity index is 2.49. The van der Waals surface area contributed by atoms with Gasteiger partial charge in [0.2, 0.25) is 15.9 Å². The molecule has 0 amide bonds. The second-order valence-electron chi connectivity index (χ2n) is 4.89. The van der Waals surface area contributed by atoms with E-state index in [-0.39, 0.29) is 6.01 Å². The number of hydrogen-bond acceptors (Lipinski definition) is 7. The summed E-state index contributed by atoms with van der Waals surface area (Å²) in [7, 11) is -3.26. The molecule has 1 heterocycles. The summed E-state index contributed by atoms with van der Waals surface area (Å²) in [4.78, 5) is 0. The van der Waals surface area contributed by atoms with Gasteiger partial charge in [0.15, 0.2) is 0 Å². The van der Waals surface area contributed by atoms with Crippen molar-refractivity contribution in [3.8, 4) is 0 Å². The topological polar surface area (TPSA) is 109 Å². The van der Waals surface area contributed by atoms with E-state index in [2.05, 4.69) is 25.6 Å². The SMILES string of the molecule is CCNCc1nnc(NCC(C)(C)NS(C)(=O)=O)o1. The molecular weight excluding hydrogens is 270 g/mol. The van der Waals surface area contributed by atoms with E-state index in [1.807, 2.05) is 6.92 Å². The summed E-state index contributed by atoms with van der Waals surface area (Å²) in [6.07, 6.45) is 1.12. The highest BCUT2D eigenvalue weighted by molar-refractivity contribution is 7.88. The van der Waals surface area contributed by atoms with Gasteiger partial charge in [-0.15, -0.1) is 5.10 Å². The molecule has 0 fully saturated rings. The Morgan fingerprint density at radius 2 is 2.00 bits per heavy atom. The minimum Gasteiger partial charge on any atom is -0.407 e. The molecule has 8 nitrogen and oxygen atoms in total. The smallest absolute Gasteiger partial charge is 0.315 e. The summed E-state index contributed by atoms with van der Waals surface area (Å²) >= 11 is 0. The van der Waals surface area contributed by atoms with Gasteiger partial charge in [-0.1, -0.05) is 12.0 Å². The Morgan fingerprint density at radius 1 is 1.32 bits per heavy atom. The standard InChI is InChI=1S/C10H21N5O3S/c1-5-11-6-8-13-14-9(18-8)12-7-10(2,3)15-19(4,16)17/h11,15H,5-7H2,1-4H3,(H,12,14). The Labute approximate surface area is 113 Å². The lowest BCUT2D eigenvalue weighted by Crippen LogP contribution is -2.47. The second kappa shape index (κ2) is 6.31. The van der Waals surface area contributed by atoms with E-state index in [0.29, 0.717) is 19.0 Å². The quantitative estimate of drug-likeness (QED) is 0.614. The van der Waals surface area contributed by atoms with Crippen molar-refractivity contribution in [3.05, 3.63) is 5.89 Å². The largest absolute Gasteiger partial charge is 0.407 e. The van der Waals surface area contributed by atoms with Crippen molar-refractivity contribution in [2.45, 2.75) is 32.9 Å². The van der Waals surface area contributed by atoms with Gasteiger partial charge in [-0.2, -0.15) is 0 Å². The van der Waals surface area contributed by atoms with E-state index in [4.69, 9.17) is 4.42 Å². The predicted molar refractivity (Wildman–Crippen MR) is 72.2 cm³/mol. The number of nitrogens with one attached hydrogen (secondary N) is 3. The number of sulfonamides is 1. The molecule has 9 heteroatoms. The van der Waals surface area contributed by atoms with Gasteiger partial charge in [0.25, 0.3) is 0 Å². The first-order chi connectivity index (χ1) is 8.72. The van der Waals surface area contributed by atoms with Crippen LogP contribution < -0.4 is 15.4 Å². The molecule has 0 atom stereocenters. The van der Waals surface area contributed by atoms with Crippen molar-refractivity contribution in [2.75, 3.05) is 24.7 Å². The third-order valence-corrected chi connectivity index (χ3v) is 3.06. The van der Waals surface area contributed by atoms with Crippen LogP contribution in [0.4, 0.5) is 6.01 Å². The van der Waals surface area contributed by atoms with Crippen molar-refractivity contribution in [2.24, 2.45) is 0 Å². The van der Waals surface area contributed by atoms with Crippen LogP contribution in [0.2, 0.25) is 0 Å². The summed E-state index contributed by atoms with van der Waals surface area (Å²) in [6, 6.07) is 0.274. The third-order valence-electron chi connectivity index (χ3n) is 2.14. The van der Waals surface area contributed by atoms with Gasteiger partial charge in [0.1, 0.15) is 0 Å². The fraction of sp³-hybridized carbons (Fsp3) is 0.800. The van der Waals surface area contributed by atoms with Crippen molar-refractivity contribution >= 4 is 16.0 Å². The molecule has 0 aromatic carbocycles. The van der Waals surface area contributed by atoms with Gasteiger partial charge < -0.3 is 15.1 Å². The normalized spacial score (nSPS) is 12.6. The number of rotatable bonds is 8. The van der Waals surface area contributed by atoms with E-state index in [9.17, 15) is 8.42 Å². The van der Waals surface area contributed by atoms with Crippen LogP contribution in [0.3, 0.4) is 0 Å². The molecular formula is C10H21N5O3S. The first-order valence-corrected chi connectivity index (χ1v) is 7.87. The Bertz CT molecular complexity index is 497. The molecule has 0 saturated carbocycles. The molecule has 19 heavy (non-hydrogen) atoms. The minimum atomic E-state index is -3.26. The fourth-order valence-corrected chi connectivity index (χ4v) is 2.54. The van der Waals surface area contributed by atoms with Crippen LogP contribution in [0.15, 0.2) is 4.42 Å². The monoisotopic (exact) mass is 291 g/mol. The molecule has 0 aliphatic rings. The van der Waals surface area contributed by atoms with Crippen LogP contribution in [0, 0.1) is 0 Å². The van der Waals surface area contributed by atoms with Gasteiger partial charge in [-0.25, -0.2) is 13.1 Å². The number of hydrogen-bond donors (Lipinski definition) is 3. The maximum atomic E-state index is 11.2. The summed E-state index contributed by atoms with van der Waals surface area (Å²) in [5.41, 5.74) is -0.649. The van der Waals surface area contributed by atoms with E-state index in [1.54, 1.807) is 13.8 Å². The number of nitrogens with zero attached hydrogens (tertiary/aromatic N) is 2. The summed E-state index contributed by atoms with van der Waals surface area (Å²) in [5.74, 6) is 0.484. The molecule has 0 radical (unpaired) electrons. The van der Waals surface area contributed by atoms with Crippen molar-refractivity contribution in [3.63, 3.8) is 0 Å². The van der Waals surface area contributed by atoms with Crippen molar-refractivity contribution in [1.82, 2.24) is 20.2 Å². The van der Waals surface area contributed by atoms with E-state index in [0.717, 1.165) is 12.8 Å². The molecule has 0 spiro atoms. The molecule has 1 rings (SSSR count). The maximum absolute atomic E-state index is 11.2. The Hall–Kier alpha value is -1.19. The molecule has 110 valence electrons. The average Bonchev–Trinajstić information content (AvgIpc) is 2.68. The minimum absolute atomic E-state index is 0.274. The highest BCUT2D eigenvalue weighted by Gasteiger charge is 2.22. The fourth-order valence-electron chi connectivity index (χ4n) is 1.46. The zero-order valence-electron chi connectivity index (χ0n) is 11.6. The molecule has 1 aromatic rings. The van der Waals surface area contributed by atoms with Gasteiger partial charge in [0.05, 0.1) is 12.8 Å². The van der Waals surface area contributed by atoms with Crippen LogP contribution in [0.1, 0.15) is 26.7 Å². The van der Waals surface area contributed by atoms with Gasteiger partial charge >= 0.3 is 6.01 Å². The third kappa shape index (κ3) is 6.50. The second-order valence-corrected chi connectivity index (χ2v) is 6.64. The average molecular weight is 291 g/mol. The van der Waals surface area contributed by atoms with Crippen LogP contribution in [0.25, 0.3) is 0 Å². The van der Waals surface area contributed by atoms with Crippen molar-refractivity contribution in [1.29, 1.82) is 0 Å². The molecule has 0 bridgehead atoms. The molecule has 0 aliphatic carbocycles. The zero-order valence-corrected chi connectivity index (χ0v) is 12.5. The first kappa shape index (κ1) is 15.9. The van der Waals surface area contributed by atoms with Crippen LogP contribution in [0.5, 0.6) is 0 Å². The molecule has 0 unspecified atom stereocenters. The number of aromatic nitrogens is 2. The Kier molecular flexibility index (Phi) is 5.27. The lowest BCUT2D eigenvalue weighted by molar-refractivity contribution is 0.453. The van der Waals surface area contributed by atoms with Crippen molar-refractivity contribution < 1.29 is 12.8 Å². The summed E-state index contributed by atoms with van der Waals surface area (Å²) < 4.78 is 30.2. The predicted octanol–water partition coefficient (Wildman–Crippen LogP) is -0.0812. The van der Waals surface area contributed by atoms with Gasteiger partial charge in [0, 0.05) is 12.1 Å². The summed E-state index contributed by atoms with van der Waals surface area (Å²) in [6.45, 7) is 7.17. The van der Waals surface area contributed by atoms with Crippen LogP contribution in [-0.4, -0.2) is 43.5 Å². The summed E-state index contributed by atoms with van der Waals surface area (Å²) in [5, 5.41) is 13.6. The lowest BCUT2D eigenvalue weighted by atomic mass is 10.1. The van der Waals surface area contributed by atoms with E-state index >= 15 is 0 Å². The van der Waals surface area contributed by atoms with E-state index in [1.165, 1.54) is 0 Å². The van der Waals surface area contributed by atoms with E-state index < -0.39 is 15.6 Å². The molecule has 1 aromatic heterocycles. The van der Waals surface area contributed by atoms with Crippen LogP contribution in [-0.2, 0) is 16.6 Å².